The molecule has 4 saturated heterocycles. The molecule has 4 aliphatic heterocycles. The lowest BCUT2D eigenvalue weighted by atomic mass is 9.77. The molecule has 2 amide bonds. The van der Waals surface area contributed by atoms with Crippen LogP contribution in [-0.2, 0) is 47.4 Å². The van der Waals surface area contributed by atoms with E-state index in [-0.39, 0.29) is 49.8 Å². The number of fused-ring (bicyclic) bond motifs is 1. The molecule has 21 nitrogen and oxygen atoms in total. The number of carbonyl (C=O) groups excluding carboxylic acids is 4. The maximum Gasteiger partial charge on any atom is 0.509 e. The molecule has 0 aliphatic carbocycles. The number of ether oxygens (including phenoxy) is 11. The first-order valence-electron chi connectivity index (χ1n) is 26.2. The van der Waals surface area contributed by atoms with Gasteiger partial charge in [0.2, 0.25) is 0 Å². The molecule has 0 saturated carbocycles. The van der Waals surface area contributed by atoms with Crippen molar-refractivity contribution in [2.45, 2.75) is 198 Å². The van der Waals surface area contributed by atoms with Gasteiger partial charge in [0.25, 0.3) is 5.91 Å². The maximum absolute atomic E-state index is 14.8. The summed E-state index contributed by atoms with van der Waals surface area (Å²) in [6, 6.07) is 4.20. The number of benzene rings is 1. The van der Waals surface area contributed by atoms with Crippen LogP contribution in [0.1, 0.15) is 118 Å². The van der Waals surface area contributed by atoms with Crippen LogP contribution in [0.5, 0.6) is 11.5 Å². The van der Waals surface area contributed by atoms with E-state index in [1.807, 2.05) is 65.6 Å². The summed E-state index contributed by atoms with van der Waals surface area (Å²) in [7, 11) is 10.2. The van der Waals surface area contributed by atoms with Gasteiger partial charge in [0.15, 0.2) is 41.9 Å². The Morgan fingerprint density at radius 1 is 0.892 bits per heavy atom. The molecule has 18 atom stereocenters. The molecule has 4 heterocycles. The third-order valence-electron chi connectivity index (χ3n) is 15.7. The first-order chi connectivity index (χ1) is 34.7. The van der Waals surface area contributed by atoms with Crippen LogP contribution in [0.4, 0.5) is 9.59 Å². The Bertz CT molecular complexity index is 2030. The van der Waals surface area contributed by atoms with E-state index in [0.717, 1.165) is 0 Å². The zero-order valence-corrected chi connectivity index (χ0v) is 46.7. The van der Waals surface area contributed by atoms with Gasteiger partial charge in [-0.1, -0.05) is 20.8 Å². The van der Waals surface area contributed by atoms with Crippen molar-refractivity contribution >= 4 is 24.1 Å². The topological polar surface area (TPSA) is 241 Å². The lowest BCUT2D eigenvalue weighted by Gasteiger charge is -2.49. The number of esters is 1. The molecular formula is C53H88N4O17. The fraction of sp³-hybridized carbons (Fsp3) is 0.811. The molecule has 1 aromatic carbocycles. The number of aliphatic hydroxyl groups excluding tert-OH is 1. The molecule has 4 fully saturated rings. The van der Waals surface area contributed by atoms with Gasteiger partial charge in [0, 0.05) is 56.7 Å². The van der Waals surface area contributed by atoms with E-state index in [9.17, 15) is 29.4 Å². The zero-order valence-electron chi connectivity index (χ0n) is 46.7. The van der Waals surface area contributed by atoms with Crippen molar-refractivity contribution in [3.8, 4) is 11.5 Å². The van der Waals surface area contributed by atoms with Gasteiger partial charge in [0.05, 0.1) is 50.2 Å². The van der Waals surface area contributed by atoms with Crippen LogP contribution in [0.15, 0.2) is 18.2 Å². The van der Waals surface area contributed by atoms with Crippen molar-refractivity contribution in [2.24, 2.45) is 17.8 Å². The number of hydrogen-bond acceptors (Lipinski definition) is 19. The first-order valence-corrected chi connectivity index (χ1v) is 26.2. The summed E-state index contributed by atoms with van der Waals surface area (Å²) in [6.45, 7) is 19.2. The van der Waals surface area contributed by atoms with Crippen molar-refractivity contribution in [3.05, 3.63) is 23.8 Å². The van der Waals surface area contributed by atoms with Crippen LogP contribution in [-0.4, -0.2) is 197 Å². The van der Waals surface area contributed by atoms with Crippen molar-refractivity contribution in [2.75, 3.05) is 62.1 Å². The van der Waals surface area contributed by atoms with Crippen LogP contribution in [0.25, 0.3) is 0 Å². The highest BCUT2D eigenvalue weighted by molar-refractivity contribution is 5.94. The number of cyclic esters (lactones) is 1. The SMILES string of the molecule is CC[C@H]1OC(=O)[C@H](C)[C@@H](O[C@H]2C[C@@](C)(OC)[C@@H](OC(=O)NCCCCNC(=O)c3ccc(OC)c(OC)c3)[C@H](C)O2)[C@H](C)[C@@H](O[C@@H]2O[C@H](C)C[C@H](N(C)C)[C@H]2O)[C@](C)(O)C[C@@H](C)CN(C)[C@H](C)[C@H]2OC(=O)O[C@@]21C. The zero-order chi connectivity index (χ0) is 55.0. The third-order valence-corrected chi connectivity index (χ3v) is 15.7. The van der Waals surface area contributed by atoms with E-state index >= 15 is 0 Å². The van der Waals surface area contributed by atoms with Crippen molar-refractivity contribution in [1.29, 1.82) is 0 Å². The molecule has 5 rings (SSSR count). The second-order valence-electron chi connectivity index (χ2n) is 21.9. The lowest BCUT2D eigenvalue weighted by molar-refractivity contribution is -0.317. The molecule has 21 heteroatoms. The molecule has 0 radical (unpaired) electrons. The molecule has 74 heavy (non-hydrogen) atoms. The average molecular weight is 1050 g/mol. The van der Waals surface area contributed by atoms with Gasteiger partial charge in [-0.05, 0) is 126 Å². The quantitative estimate of drug-likeness (QED) is 0.0963. The van der Waals surface area contributed by atoms with E-state index in [0.29, 0.717) is 49.4 Å². The molecule has 1 aromatic rings. The predicted octanol–water partition coefficient (Wildman–Crippen LogP) is 5.04. The summed E-state index contributed by atoms with van der Waals surface area (Å²) in [5.74, 6) is -2.05. The van der Waals surface area contributed by atoms with Crippen LogP contribution in [0, 0.1) is 17.8 Å². The molecule has 422 valence electrons. The number of unbranched alkanes of at least 4 members (excludes halogenated alkanes) is 1. The second kappa shape index (κ2) is 25.9. The fourth-order valence-electron chi connectivity index (χ4n) is 11.4. The van der Waals surface area contributed by atoms with E-state index in [1.54, 1.807) is 52.8 Å². The number of aliphatic hydroxyl groups is 2. The monoisotopic (exact) mass is 1050 g/mol. The van der Waals surface area contributed by atoms with Crippen LogP contribution >= 0.6 is 0 Å². The Morgan fingerprint density at radius 3 is 2.18 bits per heavy atom. The summed E-state index contributed by atoms with van der Waals surface area (Å²) in [5, 5.41) is 30.3. The smallest absolute Gasteiger partial charge is 0.493 e. The van der Waals surface area contributed by atoms with Gasteiger partial charge in [-0.15, -0.1) is 0 Å². The normalized spacial score (nSPS) is 38.6. The summed E-state index contributed by atoms with van der Waals surface area (Å²) >= 11 is 0. The average Bonchev–Trinajstić information content (AvgIpc) is 3.66. The van der Waals surface area contributed by atoms with Gasteiger partial charge in [0.1, 0.15) is 17.8 Å². The van der Waals surface area contributed by atoms with Gasteiger partial charge in [-0.2, -0.15) is 0 Å². The number of likely N-dealkylation sites (N-methyl/N-ethyl adjacent to an activating group) is 2. The number of nitrogens with zero attached hydrogens (tertiary/aromatic N) is 2. The van der Waals surface area contributed by atoms with E-state index in [4.69, 9.17) is 52.1 Å². The van der Waals surface area contributed by atoms with Gasteiger partial charge in [-0.25, -0.2) is 9.59 Å². The van der Waals surface area contributed by atoms with Crippen molar-refractivity contribution in [3.63, 3.8) is 0 Å². The first kappa shape index (κ1) is 60.8. The van der Waals surface area contributed by atoms with E-state index in [2.05, 4.69) is 10.6 Å². The fourth-order valence-corrected chi connectivity index (χ4v) is 11.4. The number of hydrogen-bond donors (Lipinski definition) is 4. The predicted molar refractivity (Wildman–Crippen MR) is 271 cm³/mol. The number of amides is 2. The highest BCUT2D eigenvalue weighted by Crippen LogP contribution is 2.42. The number of methoxy groups -OCH3 is 3. The molecule has 0 unspecified atom stereocenters. The van der Waals surface area contributed by atoms with Gasteiger partial charge < -0.3 is 77.9 Å². The number of rotatable bonds is 16. The van der Waals surface area contributed by atoms with E-state index in [1.165, 1.54) is 21.3 Å². The standard InChI is InChI=1S/C53H88N4O17/c1-17-39-53(10)44(73-50(62)74-53)33(6)57(13)28-29(2)26-51(8,63)43(71-48-41(58)36(56(11)12)24-30(3)67-48)31(4)42(32(5)47(60)69-39)70-40-27-52(9,66-16)45(34(7)68-40)72-49(61)55-23-19-18-22-54-46(59)35-20-21-37(64-14)38(25-35)65-15/h20-21,25,29-34,36,39-45,48,58,63H,17-19,22-24,26-28H2,1-16H3,(H,54,59)(H,55,61)/t29-,30-,31+,32-,33-,34+,36+,39-,40+,41-,42+,43-,44-,45+,48+,51-,52-,53-/m1/s1. The highest BCUT2D eigenvalue weighted by Gasteiger charge is 2.58. The Kier molecular flexibility index (Phi) is 21.2. The summed E-state index contributed by atoms with van der Waals surface area (Å²) in [6.07, 6.45) is -8.65. The molecule has 0 spiro atoms. The van der Waals surface area contributed by atoms with Crippen LogP contribution in [0.3, 0.4) is 0 Å². The van der Waals surface area contributed by atoms with Crippen LogP contribution in [0.2, 0.25) is 0 Å². The summed E-state index contributed by atoms with van der Waals surface area (Å²) < 4.78 is 67.3. The summed E-state index contributed by atoms with van der Waals surface area (Å²) in [5.41, 5.74) is -3.73. The molecule has 4 aliphatic rings. The second-order valence-corrected chi connectivity index (χ2v) is 21.9. The molecule has 0 aromatic heterocycles. The van der Waals surface area contributed by atoms with Gasteiger partial charge in [-0.3, -0.25) is 14.5 Å². The number of alkyl carbamates (subject to hydrolysis) is 1. The van der Waals surface area contributed by atoms with Crippen molar-refractivity contribution < 1.29 is 81.5 Å². The molecule has 0 bridgehead atoms. The van der Waals surface area contributed by atoms with Crippen molar-refractivity contribution in [1.82, 2.24) is 20.4 Å². The molecular weight excluding hydrogens is 965 g/mol. The van der Waals surface area contributed by atoms with E-state index < -0.39 is 108 Å². The largest absolute Gasteiger partial charge is 0.509 e. The Labute approximate surface area is 438 Å². The van der Waals surface area contributed by atoms with Gasteiger partial charge >= 0.3 is 18.2 Å². The Hall–Kier alpha value is -4.06. The Morgan fingerprint density at radius 2 is 1.55 bits per heavy atom. The maximum atomic E-state index is 14.8. The van der Waals surface area contributed by atoms with Crippen LogP contribution < -0.4 is 20.1 Å². The highest BCUT2D eigenvalue weighted by atomic mass is 16.8. The summed E-state index contributed by atoms with van der Waals surface area (Å²) in [4.78, 5) is 57.7. The minimum atomic E-state index is -1.62. The number of nitrogens with one attached hydrogen (secondary N) is 2. The Balaban J connectivity index is 1.37. The third kappa shape index (κ3) is 14.3. The minimum Gasteiger partial charge on any atom is -0.493 e. The minimum absolute atomic E-state index is 0.0385. The molecule has 4 N–H and O–H groups in total. The lowest BCUT2D eigenvalue weighted by Crippen LogP contribution is -2.61. The number of carbonyl (C=O) groups is 4.